The first-order valence-corrected chi connectivity index (χ1v) is 9.90. The topological polar surface area (TPSA) is 89.8 Å². The highest BCUT2D eigenvalue weighted by molar-refractivity contribution is 8.00. The van der Waals surface area contributed by atoms with E-state index in [0.29, 0.717) is 28.8 Å². The van der Waals surface area contributed by atoms with E-state index < -0.39 is 5.25 Å². The van der Waals surface area contributed by atoms with E-state index in [-0.39, 0.29) is 11.7 Å². The van der Waals surface area contributed by atoms with Gasteiger partial charge >= 0.3 is 0 Å². The summed E-state index contributed by atoms with van der Waals surface area (Å²) in [6.45, 7) is 7.61. The number of allylic oxidation sites excluding steroid dienone is 1. The van der Waals surface area contributed by atoms with Crippen molar-refractivity contribution >= 4 is 29.1 Å². The molecule has 0 bridgehead atoms. The Kier molecular flexibility index (Phi) is 6.56. The van der Waals surface area contributed by atoms with Gasteiger partial charge in [-0.25, -0.2) is 0 Å². The maximum atomic E-state index is 12.6. The summed E-state index contributed by atoms with van der Waals surface area (Å²) >= 11 is 1.31. The van der Waals surface area contributed by atoms with Crippen LogP contribution in [0.5, 0.6) is 0 Å². The van der Waals surface area contributed by atoms with Gasteiger partial charge < -0.3 is 5.32 Å². The average molecular weight is 407 g/mol. The average Bonchev–Trinajstić information content (AvgIpc) is 3.11. The minimum atomic E-state index is -0.422. The lowest BCUT2D eigenvalue weighted by Gasteiger charge is -2.13. The van der Waals surface area contributed by atoms with Crippen molar-refractivity contribution in [3.8, 4) is 11.4 Å². The number of nitrogens with zero attached hydrogens (tertiary/aromatic N) is 4. The zero-order valence-corrected chi connectivity index (χ0v) is 17.0. The largest absolute Gasteiger partial charge is 0.325 e. The molecule has 0 fully saturated rings. The van der Waals surface area contributed by atoms with E-state index in [2.05, 4.69) is 27.1 Å². The number of Topliss-reactive ketones (excluding diaryl/α,β-unsaturated/α-hetero) is 1. The lowest BCUT2D eigenvalue weighted by molar-refractivity contribution is -0.115. The van der Waals surface area contributed by atoms with E-state index >= 15 is 0 Å². The predicted octanol–water partition coefficient (Wildman–Crippen LogP) is 3.85. The van der Waals surface area contributed by atoms with Crippen molar-refractivity contribution in [2.45, 2.75) is 30.8 Å². The second-order valence-electron chi connectivity index (χ2n) is 6.33. The molecule has 1 atom stereocenters. The van der Waals surface area contributed by atoms with Crippen LogP contribution in [0.2, 0.25) is 0 Å². The fourth-order valence-corrected chi connectivity index (χ4v) is 3.51. The number of nitrogens with one attached hydrogen (secondary N) is 1. The monoisotopic (exact) mass is 407 g/mol. The summed E-state index contributed by atoms with van der Waals surface area (Å²) in [6.07, 6.45) is 5.15. The lowest BCUT2D eigenvalue weighted by atomic mass is 10.1. The second kappa shape index (κ2) is 9.29. The van der Waals surface area contributed by atoms with Crippen LogP contribution in [0.4, 0.5) is 5.69 Å². The van der Waals surface area contributed by atoms with Gasteiger partial charge in [0, 0.05) is 35.8 Å². The molecule has 3 rings (SSSR count). The number of rotatable bonds is 8. The Bertz CT molecular complexity index is 1030. The Morgan fingerprint density at radius 2 is 2.00 bits per heavy atom. The number of thioether (sulfide) groups is 1. The molecule has 29 heavy (non-hydrogen) atoms. The smallest absolute Gasteiger partial charge is 0.237 e. The molecule has 0 saturated carbocycles. The third-order valence-electron chi connectivity index (χ3n) is 4.16. The van der Waals surface area contributed by atoms with Gasteiger partial charge in [0.1, 0.15) is 0 Å². The Hall–Kier alpha value is -3.26. The van der Waals surface area contributed by atoms with Crippen molar-refractivity contribution in [1.29, 1.82) is 0 Å². The van der Waals surface area contributed by atoms with Gasteiger partial charge in [0.2, 0.25) is 5.91 Å². The van der Waals surface area contributed by atoms with Gasteiger partial charge in [0.25, 0.3) is 0 Å². The summed E-state index contributed by atoms with van der Waals surface area (Å²) in [5, 5.41) is 11.6. The summed E-state index contributed by atoms with van der Waals surface area (Å²) in [4.78, 5) is 28.2. The molecule has 1 N–H and O–H groups in total. The molecule has 8 heteroatoms. The molecule has 0 saturated heterocycles. The van der Waals surface area contributed by atoms with E-state index in [1.807, 2.05) is 16.7 Å². The predicted molar refractivity (Wildman–Crippen MR) is 114 cm³/mol. The standard InChI is InChI=1S/C21H21N5O2S/c1-4-12-26-19(16-8-10-22-11-9-16)24-25-21(26)29-15(3)20(28)23-18-7-5-6-17(13-18)14(2)27/h4-11,13,15H,1,12H2,2-3H3,(H,23,28)/t15-/m1/s1. The molecule has 0 unspecified atom stereocenters. The third-order valence-corrected chi connectivity index (χ3v) is 5.24. The molecule has 0 radical (unpaired) electrons. The molecule has 1 aromatic carbocycles. The zero-order chi connectivity index (χ0) is 20.8. The van der Waals surface area contributed by atoms with Gasteiger partial charge in [0.05, 0.1) is 5.25 Å². The van der Waals surface area contributed by atoms with Crippen LogP contribution in [-0.2, 0) is 11.3 Å². The highest BCUT2D eigenvalue weighted by Gasteiger charge is 2.20. The number of anilines is 1. The Labute approximate surface area is 173 Å². The first-order chi connectivity index (χ1) is 14.0. The minimum absolute atomic E-state index is 0.0512. The van der Waals surface area contributed by atoms with Crippen molar-refractivity contribution in [3.63, 3.8) is 0 Å². The van der Waals surface area contributed by atoms with Crippen molar-refractivity contribution in [1.82, 2.24) is 19.7 Å². The van der Waals surface area contributed by atoms with Gasteiger partial charge in [-0.3, -0.25) is 19.1 Å². The van der Waals surface area contributed by atoms with Crippen molar-refractivity contribution in [2.75, 3.05) is 5.32 Å². The molecule has 0 aliphatic rings. The number of carbonyl (C=O) groups is 2. The van der Waals surface area contributed by atoms with Gasteiger partial charge in [-0.05, 0) is 38.1 Å². The molecule has 2 heterocycles. The van der Waals surface area contributed by atoms with Crippen LogP contribution >= 0.6 is 11.8 Å². The quantitative estimate of drug-likeness (QED) is 0.347. The first-order valence-electron chi connectivity index (χ1n) is 9.02. The van der Waals surface area contributed by atoms with Crippen LogP contribution in [0.1, 0.15) is 24.2 Å². The SMILES string of the molecule is C=CCn1c(S[C@H](C)C(=O)Nc2cccc(C(C)=O)c2)nnc1-c1ccncc1. The lowest BCUT2D eigenvalue weighted by Crippen LogP contribution is -2.23. The first kappa shape index (κ1) is 20.5. The van der Waals surface area contributed by atoms with Crippen LogP contribution in [-0.4, -0.2) is 36.7 Å². The number of amides is 1. The third kappa shape index (κ3) is 4.97. The van der Waals surface area contributed by atoms with Crippen LogP contribution in [0.25, 0.3) is 11.4 Å². The summed E-state index contributed by atoms with van der Waals surface area (Å²) in [6, 6.07) is 10.6. The Balaban J connectivity index is 1.76. The van der Waals surface area contributed by atoms with Crippen LogP contribution in [0, 0.1) is 0 Å². The van der Waals surface area contributed by atoms with Gasteiger partial charge in [-0.1, -0.05) is 30.0 Å². The molecule has 0 spiro atoms. The highest BCUT2D eigenvalue weighted by atomic mass is 32.2. The molecule has 0 aliphatic carbocycles. The summed E-state index contributed by atoms with van der Waals surface area (Å²) in [5.41, 5.74) is 2.02. The maximum Gasteiger partial charge on any atom is 0.237 e. The Morgan fingerprint density at radius 3 is 2.69 bits per heavy atom. The van der Waals surface area contributed by atoms with Crippen LogP contribution in [0.15, 0.2) is 66.6 Å². The van der Waals surface area contributed by atoms with Gasteiger partial charge in [0.15, 0.2) is 16.8 Å². The molecule has 0 aliphatic heterocycles. The Morgan fingerprint density at radius 1 is 1.24 bits per heavy atom. The number of carbonyl (C=O) groups excluding carboxylic acids is 2. The molecular weight excluding hydrogens is 386 g/mol. The van der Waals surface area contributed by atoms with Crippen molar-refractivity contribution in [3.05, 3.63) is 67.0 Å². The van der Waals surface area contributed by atoms with Crippen LogP contribution < -0.4 is 5.32 Å². The fourth-order valence-electron chi connectivity index (χ4n) is 2.66. The number of benzene rings is 1. The fraction of sp³-hybridized carbons (Fsp3) is 0.190. The van der Waals surface area contributed by atoms with E-state index in [9.17, 15) is 9.59 Å². The normalized spacial score (nSPS) is 11.7. The van der Waals surface area contributed by atoms with E-state index in [4.69, 9.17) is 0 Å². The van der Waals surface area contributed by atoms with E-state index in [1.165, 1.54) is 18.7 Å². The van der Waals surface area contributed by atoms with Crippen LogP contribution in [0.3, 0.4) is 0 Å². The number of hydrogen-bond acceptors (Lipinski definition) is 6. The zero-order valence-electron chi connectivity index (χ0n) is 16.2. The van der Waals surface area contributed by atoms with E-state index in [0.717, 1.165) is 5.56 Å². The van der Waals surface area contributed by atoms with Crippen molar-refractivity contribution < 1.29 is 9.59 Å². The molecule has 3 aromatic rings. The number of pyridine rings is 1. The summed E-state index contributed by atoms with van der Waals surface area (Å²) < 4.78 is 1.91. The number of ketones is 1. The molecule has 148 valence electrons. The van der Waals surface area contributed by atoms with Crippen molar-refractivity contribution in [2.24, 2.45) is 0 Å². The number of aromatic nitrogens is 4. The molecule has 2 aromatic heterocycles. The molecule has 1 amide bonds. The minimum Gasteiger partial charge on any atom is -0.325 e. The van der Waals surface area contributed by atoms with Gasteiger partial charge in [-0.2, -0.15) is 0 Å². The number of hydrogen-bond donors (Lipinski definition) is 1. The van der Waals surface area contributed by atoms with E-state index in [1.54, 1.807) is 49.7 Å². The summed E-state index contributed by atoms with van der Waals surface area (Å²) in [5.74, 6) is 0.454. The molecular formula is C21H21N5O2S. The summed E-state index contributed by atoms with van der Waals surface area (Å²) in [7, 11) is 0. The maximum absolute atomic E-state index is 12.6. The second-order valence-corrected chi connectivity index (χ2v) is 7.64. The highest BCUT2D eigenvalue weighted by Crippen LogP contribution is 2.27. The molecule has 7 nitrogen and oxygen atoms in total. The van der Waals surface area contributed by atoms with Gasteiger partial charge in [-0.15, -0.1) is 16.8 Å².